The molecule has 3 unspecified atom stereocenters. The number of aliphatic hydroxyl groups is 1. The Kier molecular flexibility index (Phi) is 4.83. The lowest BCUT2D eigenvalue weighted by atomic mass is 9.83. The third-order valence-electron chi connectivity index (χ3n) is 4.67. The summed E-state index contributed by atoms with van der Waals surface area (Å²) in [6.07, 6.45) is 6.17. The van der Waals surface area contributed by atoms with Crippen molar-refractivity contribution in [3.05, 3.63) is 0 Å². The van der Waals surface area contributed by atoms with E-state index in [1.807, 2.05) is 7.05 Å². The fourth-order valence-corrected chi connectivity index (χ4v) is 3.24. The number of aliphatic hydroxyl groups excluding tert-OH is 1. The summed E-state index contributed by atoms with van der Waals surface area (Å²) in [6.45, 7) is 5.61. The van der Waals surface area contributed by atoms with Crippen molar-refractivity contribution in [1.29, 1.82) is 0 Å². The first-order valence-electron chi connectivity index (χ1n) is 7.30. The van der Waals surface area contributed by atoms with Crippen LogP contribution in [0.1, 0.15) is 39.0 Å². The predicted octanol–water partition coefficient (Wildman–Crippen LogP) is 1.47. The van der Waals surface area contributed by atoms with Crippen LogP contribution in [-0.4, -0.2) is 48.8 Å². The minimum absolute atomic E-state index is 0.116. The number of hydrogen-bond acceptors (Lipinski definition) is 3. The molecule has 1 saturated heterocycles. The lowest BCUT2D eigenvalue weighted by Gasteiger charge is -2.42. The second-order valence-corrected chi connectivity index (χ2v) is 5.97. The Morgan fingerprint density at radius 1 is 1.35 bits per heavy atom. The van der Waals surface area contributed by atoms with Crippen LogP contribution in [0.15, 0.2) is 0 Å². The van der Waals surface area contributed by atoms with Gasteiger partial charge in [0.05, 0.1) is 6.10 Å². The fraction of sp³-hybridized carbons (Fsp3) is 1.00. The van der Waals surface area contributed by atoms with E-state index in [2.05, 4.69) is 17.1 Å². The topological polar surface area (TPSA) is 35.5 Å². The average molecular weight is 240 g/mol. The van der Waals surface area contributed by atoms with Crippen molar-refractivity contribution < 1.29 is 5.11 Å². The van der Waals surface area contributed by atoms with E-state index in [0.717, 1.165) is 25.3 Å². The molecule has 2 fully saturated rings. The number of likely N-dealkylation sites (N-methyl/N-ethyl adjacent to an activating group) is 1. The molecule has 3 nitrogen and oxygen atoms in total. The highest BCUT2D eigenvalue weighted by atomic mass is 16.3. The molecule has 17 heavy (non-hydrogen) atoms. The standard InChI is InChI=1S/C14H28N2O/c1-3-14(17)12-7-13(15-2)10-16(9-12)8-11-5-4-6-11/h11-15,17H,3-10H2,1-2H3. The fourth-order valence-electron chi connectivity index (χ4n) is 3.24. The van der Waals surface area contributed by atoms with Crippen molar-refractivity contribution in [2.45, 2.75) is 51.2 Å². The summed E-state index contributed by atoms with van der Waals surface area (Å²) < 4.78 is 0. The number of piperidine rings is 1. The summed E-state index contributed by atoms with van der Waals surface area (Å²) in [7, 11) is 2.05. The summed E-state index contributed by atoms with van der Waals surface area (Å²) in [5.41, 5.74) is 0. The van der Waals surface area contributed by atoms with E-state index >= 15 is 0 Å². The van der Waals surface area contributed by atoms with E-state index < -0.39 is 0 Å². The second-order valence-electron chi connectivity index (χ2n) is 5.97. The van der Waals surface area contributed by atoms with Crippen molar-refractivity contribution in [2.75, 3.05) is 26.7 Å². The van der Waals surface area contributed by atoms with Crippen molar-refractivity contribution in [3.63, 3.8) is 0 Å². The van der Waals surface area contributed by atoms with Crippen LogP contribution >= 0.6 is 0 Å². The molecule has 0 aromatic carbocycles. The molecule has 3 atom stereocenters. The van der Waals surface area contributed by atoms with Crippen LogP contribution < -0.4 is 5.32 Å². The van der Waals surface area contributed by atoms with Gasteiger partial charge in [0, 0.05) is 25.7 Å². The molecule has 1 aliphatic heterocycles. The highest BCUT2D eigenvalue weighted by Gasteiger charge is 2.32. The zero-order chi connectivity index (χ0) is 12.3. The van der Waals surface area contributed by atoms with Crippen LogP contribution in [0, 0.1) is 11.8 Å². The van der Waals surface area contributed by atoms with Gasteiger partial charge in [0.15, 0.2) is 0 Å². The van der Waals surface area contributed by atoms with E-state index in [4.69, 9.17) is 0 Å². The van der Waals surface area contributed by atoms with E-state index in [-0.39, 0.29) is 6.10 Å². The SMILES string of the molecule is CCC(O)C1CC(NC)CN(CC2CCC2)C1. The molecule has 1 heterocycles. The Hall–Kier alpha value is -0.120. The third-order valence-corrected chi connectivity index (χ3v) is 4.67. The van der Waals surface area contributed by atoms with E-state index in [1.165, 1.54) is 32.4 Å². The van der Waals surface area contributed by atoms with Crippen LogP contribution in [0.5, 0.6) is 0 Å². The van der Waals surface area contributed by atoms with Gasteiger partial charge in [-0.3, -0.25) is 0 Å². The Morgan fingerprint density at radius 2 is 2.12 bits per heavy atom. The monoisotopic (exact) mass is 240 g/mol. The summed E-state index contributed by atoms with van der Waals surface area (Å²) in [5, 5.41) is 13.5. The molecule has 0 amide bonds. The van der Waals surface area contributed by atoms with Crippen LogP contribution in [0.3, 0.4) is 0 Å². The number of rotatable bonds is 5. The largest absolute Gasteiger partial charge is 0.393 e. The van der Waals surface area contributed by atoms with E-state index in [9.17, 15) is 5.11 Å². The van der Waals surface area contributed by atoms with Crippen molar-refractivity contribution in [3.8, 4) is 0 Å². The molecule has 1 aliphatic carbocycles. The van der Waals surface area contributed by atoms with Gasteiger partial charge in [-0.2, -0.15) is 0 Å². The zero-order valence-corrected chi connectivity index (χ0v) is 11.4. The molecule has 0 bridgehead atoms. The Morgan fingerprint density at radius 3 is 2.65 bits per heavy atom. The zero-order valence-electron chi connectivity index (χ0n) is 11.4. The first kappa shape index (κ1) is 13.3. The summed E-state index contributed by atoms with van der Waals surface area (Å²) in [6, 6.07) is 0.565. The first-order valence-corrected chi connectivity index (χ1v) is 7.30. The molecule has 0 aromatic heterocycles. The maximum Gasteiger partial charge on any atom is 0.0578 e. The van der Waals surface area contributed by atoms with Gasteiger partial charge in [-0.25, -0.2) is 0 Å². The lowest BCUT2D eigenvalue weighted by molar-refractivity contribution is 0.0260. The maximum atomic E-state index is 10.1. The highest BCUT2D eigenvalue weighted by molar-refractivity contribution is 4.87. The molecule has 0 spiro atoms. The smallest absolute Gasteiger partial charge is 0.0578 e. The van der Waals surface area contributed by atoms with Gasteiger partial charge in [0.2, 0.25) is 0 Å². The molecule has 0 radical (unpaired) electrons. The van der Waals surface area contributed by atoms with Gasteiger partial charge < -0.3 is 15.3 Å². The minimum atomic E-state index is -0.116. The molecule has 2 aliphatic rings. The summed E-state index contributed by atoms with van der Waals surface area (Å²) in [5.74, 6) is 1.40. The highest BCUT2D eigenvalue weighted by Crippen LogP contribution is 2.29. The van der Waals surface area contributed by atoms with Gasteiger partial charge in [0.25, 0.3) is 0 Å². The van der Waals surface area contributed by atoms with E-state index in [1.54, 1.807) is 0 Å². The van der Waals surface area contributed by atoms with E-state index in [0.29, 0.717) is 12.0 Å². The normalized spacial score (nSPS) is 33.4. The Labute approximate surface area is 106 Å². The molecule has 3 heteroatoms. The van der Waals surface area contributed by atoms with Crippen LogP contribution in [0.2, 0.25) is 0 Å². The van der Waals surface area contributed by atoms with Gasteiger partial charge in [-0.05, 0) is 44.6 Å². The molecule has 100 valence electrons. The number of nitrogens with one attached hydrogen (secondary N) is 1. The Bertz CT molecular complexity index is 228. The number of nitrogens with zero attached hydrogens (tertiary/aromatic N) is 1. The summed E-state index contributed by atoms with van der Waals surface area (Å²) in [4.78, 5) is 2.58. The first-order chi connectivity index (χ1) is 8.22. The number of hydrogen-bond donors (Lipinski definition) is 2. The molecule has 2 N–H and O–H groups in total. The third kappa shape index (κ3) is 3.43. The number of likely N-dealkylation sites (tertiary alicyclic amines) is 1. The van der Waals surface area contributed by atoms with Crippen LogP contribution in [-0.2, 0) is 0 Å². The predicted molar refractivity (Wildman–Crippen MR) is 71.0 cm³/mol. The van der Waals surface area contributed by atoms with Crippen molar-refractivity contribution >= 4 is 0 Å². The van der Waals surface area contributed by atoms with Crippen molar-refractivity contribution in [1.82, 2.24) is 10.2 Å². The van der Waals surface area contributed by atoms with Gasteiger partial charge in [-0.1, -0.05) is 13.3 Å². The maximum absolute atomic E-state index is 10.1. The quantitative estimate of drug-likeness (QED) is 0.764. The molecule has 2 rings (SSSR count). The van der Waals surface area contributed by atoms with Crippen LogP contribution in [0.25, 0.3) is 0 Å². The average Bonchev–Trinajstić information content (AvgIpc) is 2.32. The molecular formula is C14H28N2O. The minimum Gasteiger partial charge on any atom is -0.393 e. The molecule has 0 aromatic rings. The lowest BCUT2D eigenvalue weighted by Crippen LogP contribution is -2.52. The molecular weight excluding hydrogens is 212 g/mol. The molecule has 1 saturated carbocycles. The van der Waals surface area contributed by atoms with Gasteiger partial charge in [0.1, 0.15) is 0 Å². The van der Waals surface area contributed by atoms with Gasteiger partial charge >= 0.3 is 0 Å². The summed E-state index contributed by atoms with van der Waals surface area (Å²) >= 11 is 0. The van der Waals surface area contributed by atoms with Gasteiger partial charge in [-0.15, -0.1) is 0 Å². The second kappa shape index (κ2) is 6.17. The van der Waals surface area contributed by atoms with Crippen LogP contribution in [0.4, 0.5) is 0 Å². The Balaban J connectivity index is 1.86. The van der Waals surface area contributed by atoms with Crippen molar-refractivity contribution in [2.24, 2.45) is 11.8 Å².